The molecular formula is C17H19ClN2O. The lowest BCUT2D eigenvalue weighted by Crippen LogP contribution is -2.31. The topological polar surface area (TPSA) is 25.2 Å². The molecule has 0 aliphatic rings. The molecule has 0 saturated heterocycles. The number of amides is 1. The highest BCUT2D eigenvalue weighted by atomic mass is 35.5. The monoisotopic (exact) mass is 302 g/mol. The van der Waals surface area contributed by atoms with E-state index in [1.165, 1.54) is 0 Å². The summed E-state index contributed by atoms with van der Waals surface area (Å²) >= 11 is 5.81. The molecule has 0 N–H and O–H groups in total. The first kappa shape index (κ1) is 15.4. The fourth-order valence-electron chi connectivity index (χ4n) is 2.50. The Balaban J connectivity index is 2.57. The molecule has 0 unspecified atom stereocenters. The van der Waals surface area contributed by atoms with Crippen LogP contribution in [0.25, 0.3) is 5.70 Å². The highest BCUT2D eigenvalue weighted by Gasteiger charge is 2.23. The van der Waals surface area contributed by atoms with Crippen LogP contribution in [-0.2, 0) is 11.8 Å². The molecule has 0 spiro atoms. The number of aryl methyl sites for hydroxylation is 3. The van der Waals surface area contributed by atoms with Crippen LogP contribution in [-0.4, -0.2) is 16.4 Å². The van der Waals surface area contributed by atoms with E-state index in [1.807, 2.05) is 62.0 Å². The number of rotatable bonds is 4. The van der Waals surface area contributed by atoms with Gasteiger partial charge in [-0.1, -0.05) is 24.8 Å². The lowest BCUT2D eigenvalue weighted by Gasteiger charge is -2.27. The molecule has 0 bridgehead atoms. The van der Waals surface area contributed by atoms with Gasteiger partial charge >= 0.3 is 0 Å². The van der Waals surface area contributed by atoms with Gasteiger partial charge in [0, 0.05) is 13.2 Å². The molecule has 0 radical (unpaired) electrons. The van der Waals surface area contributed by atoms with Gasteiger partial charge in [0.2, 0.25) is 5.91 Å². The Hall–Kier alpha value is -2.00. The van der Waals surface area contributed by atoms with Crippen LogP contribution in [0.3, 0.4) is 0 Å². The maximum atomic E-state index is 12.4. The van der Waals surface area contributed by atoms with Gasteiger partial charge in [-0.3, -0.25) is 9.69 Å². The van der Waals surface area contributed by atoms with Gasteiger partial charge in [0.05, 0.1) is 17.1 Å². The van der Waals surface area contributed by atoms with E-state index in [9.17, 15) is 4.79 Å². The standard InChI is InChI=1S/C17H19ClN2O/c1-12-7-5-8-13(2)17(12)20(16(21)11-18)14(3)15-9-6-10-19(15)4/h5-10H,3,11H2,1-2,4H3. The van der Waals surface area contributed by atoms with Crippen molar-refractivity contribution < 1.29 is 4.79 Å². The third kappa shape index (κ3) is 2.88. The molecule has 0 aliphatic heterocycles. The second kappa shape index (κ2) is 6.19. The minimum absolute atomic E-state index is 0.0861. The van der Waals surface area contributed by atoms with Crippen LogP contribution >= 0.6 is 11.6 Å². The number of benzene rings is 1. The number of alkyl halides is 1. The first-order valence-corrected chi connectivity index (χ1v) is 7.26. The Morgan fingerprint density at radius 3 is 2.33 bits per heavy atom. The van der Waals surface area contributed by atoms with Gasteiger partial charge in [0.1, 0.15) is 5.88 Å². The van der Waals surface area contributed by atoms with E-state index < -0.39 is 0 Å². The maximum Gasteiger partial charge on any atom is 0.246 e. The molecule has 1 aromatic carbocycles. The summed E-state index contributed by atoms with van der Waals surface area (Å²) in [5.41, 5.74) is 4.41. The third-order valence-electron chi connectivity index (χ3n) is 3.54. The minimum atomic E-state index is -0.180. The number of nitrogens with zero attached hydrogens (tertiary/aromatic N) is 2. The number of halogens is 1. The average Bonchev–Trinajstić information content (AvgIpc) is 2.88. The van der Waals surface area contributed by atoms with Crippen molar-refractivity contribution in [3.8, 4) is 0 Å². The summed E-state index contributed by atoms with van der Waals surface area (Å²) in [7, 11) is 1.93. The fourth-order valence-corrected chi connectivity index (χ4v) is 2.62. The SMILES string of the molecule is C=C(c1cccn1C)N(C(=O)CCl)c1c(C)cccc1C. The van der Waals surface area contributed by atoms with Crippen molar-refractivity contribution in [1.82, 2.24) is 4.57 Å². The zero-order valence-corrected chi connectivity index (χ0v) is 13.3. The number of hydrogen-bond acceptors (Lipinski definition) is 1. The number of aromatic nitrogens is 1. The minimum Gasteiger partial charge on any atom is -0.349 e. The number of anilines is 1. The van der Waals surface area contributed by atoms with Crippen molar-refractivity contribution in [2.45, 2.75) is 13.8 Å². The highest BCUT2D eigenvalue weighted by Crippen LogP contribution is 2.31. The van der Waals surface area contributed by atoms with Gasteiger partial charge in [-0.2, -0.15) is 0 Å². The summed E-state index contributed by atoms with van der Waals surface area (Å²) in [5.74, 6) is -0.266. The van der Waals surface area contributed by atoms with E-state index in [1.54, 1.807) is 4.90 Å². The van der Waals surface area contributed by atoms with E-state index in [0.29, 0.717) is 5.70 Å². The Labute approximate surface area is 130 Å². The number of para-hydroxylation sites is 1. The van der Waals surface area contributed by atoms with E-state index in [2.05, 4.69) is 6.58 Å². The zero-order valence-electron chi connectivity index (χ0n) is 12.6. The lowest BCUT2D eigenvalue weighted by atomic mass is 10.1. The Bertz CT molecular complexity index is 668. The number of carbonyl (C=O) groups is 1. The summed E-state index contributed by atoms with van der Waals surface area (Å²) in [6.45, 7) is 8.07. The normalized spacial score (nSPS) is 10.5. The first-order chi connectivity index (χ1) is 9.97. The van der Waals surface area contributed by atoms with Crippen molar-refractivity contribution in [2.75, 3.05) is 10.8 Å². The quantitative estimate of drug-likeness (QED) is 0.787. The summed E-state index contributed by atoms with van der Waals surface area (Å²) in [6, 6.07) is 9.80. The van der Waals surface area contributed by atoms with E-state index in [0.717, 1.165) is 22.5 Å². The summed E-state index contributed by atoms with van der Waals surface area (Å²) in [4.78, 5) is 14.0. The van der Waals surface area contributed by atoms with Crippen molar-refractivity contribution >= 4 is 28.9 Å². The molecule has 1 heterocycles. The van der Waals surface area contributed by atoms with Gasteiger partial charge in [-0.05, 0) is 37.1 Å². The average molecular weight is 303 g/mol. The Morgan fingerprint density at radius 1 is 1.24 bits per heavy atom. The van der Waals surface area contributed by atoms with Crippen LogP contribution in [0.2, 0.25) is 0 Å². The molecule has 0 fully saturated rings. The van der Waals surface area contributed by atoms with Crippen molar-refractivity contribution in [3.63, 3.8) is 0 Å². The van der Waals surface area contributed by atoms with Gasteiger partial charge in [0.25, 0.3) is 0 Å². The molecule has 0 atom stereocenters. The van der Waals surface area contributed by atoms with E-state index in [4.69, 9.17) is 11.6 Å². The van der Waals surface area contributed by atoms with Gasteiger partial charge in [0.15, 0.2) is 0 Å². The predicted octanol–water partition coefficient (Wildman–Crippen LogP) is 3.88. The summed E-state index contributed by atoms with van der Waals surface area (Å²) in [6.07, 6.45) is 1.93. The number of carbonyl (C=O) groups excluding carboxylic acids is 1. The van der Waals surface area contributed by atoms with Crippen molar-refractivity contribution in [1.29, 1.82) is 0 Å². The third-order valence-corrected chi connectivity index (χ3v) is 3.76. The molecule has 2 rings (SSSR count). The van der Waals surface area contributed by atoms with Gasteiger partial charge in [-0.15, -0.1) is 11.6 Å². The van der Waals surface area contributed by atoms with E-state index >= 15 is 0 Å². The first-order valence-electron chi connectivity index (χ1n) is 6.73. The number of hydrogen-bond donors (Lipinski definition) is 0. The second-order valence-electron chi connectivity index (χ2n) is 5.05. The predicted molar refractivity (Wildman–Crippen MR) is 88.6 cm³/mol. The smallest absolute Gasteiger partial charge is 0.246 e. The molecule has 4 heteroatoms. The molecule has 21 heavy (non-hydrogen) atoms. The molecular weight excluding hydrogens is 284 g/mol. The molecule has 3 nitrogen and oxygen atoms in total. The van der Waals surface area contributed by atoms with Crippen LogP contribution in [0, 0.1) is 13.8 Å². The maximum absolute atomic E-state index is 12.4. The Kier molecular flexibility index (Phi) is 4.53. The van der Waals surface area contributed by atoms with Crippen LogP contribution in [0.4, 0.5) is 5.69 Å². The van der Waals surface area contributed by atoms with Crippen LogP contribution in [0.1, 0.15) is 16.8 Å². The van der Waals surface area contributed by atoms with Gasteiger partial charge in [-0.25, -0.2) is 0 Å². The van der Waals surface area contributed by atoms with Gasteiger partial charge < -0.3 is 4.57 Å². The molecule has 2 aromatic rings. The largest absolute Gasteiger partial charge is 0.349 e. The van der Waals surface area contributed by atoms with E-state index in [-0.39, 0.29) is 11.8 Å². The highest BCUT2D eigenvalue weighted by molar-refractivity contribution is 6.31. The molecule has 1 amide bonds. The summed E-state index contributed by atoms with van der Waals surface area (Å²) in [5, 5.41) is 0. The molecule has 1 aromatic heterocycles. The fraction of sp³-hybridized carbons (Fsp3) is 0.235. The second-order valence-corrected chi connectivity index (χ2v) is 5.32. The van der Waals surface area contributed by atoms with Crippen LogP contribution < -0.4 is 4.90 Å². The molecule has 110 valence electrons. The Morgan fingerprint density at radius 2 is 1.86 bits per heavy atom. The van der Waals surface area contributed by atoms with Crippen LogP contribution in [0.15, 0.2) is 43.1 Å². The lowest BCUT2D eigenvalue weighted by molar-refractivity contribution is -0.115. The molecule has 0 aliphatic carbocycles. The zero-order chi connectivity index (χ0) is 15.6. The van der Waals surface area contributed by atoms with Crippen LogP contribution in [0.5, 0.6) is 0 Å². The summed E-state index contributed by atoms with van der Waals surface area (Å²) < 4.78 is 1.93. The molecule has 0 saturated carbocycles. The van der Waals surface area contributed by atoms with Crippen molar-refractivity contribution in [3.05, 3.63) is 59.9 Å². The van der Waals surface area contributed by atoms with Crippen molar-refractivity contribution in [2.24, 2.45) is 7.05 Å².